The molecule has 0 spiro atoms. The Bertz CT molecular complexity index is 2440. The van der Waals surface area contributed by atoms with Crippen LogP contribution in [0, 0.1) is 19.1 Å². The van der Waals surface area contributed by atoms with Gasteiger partial charge in [-0.05, 0) is 79.2 Å². The van der Waals surface area contributed by atoms with Crippen LogP contribution in [0.4, 0.5) is 0 Å². The van der Waals surface area contributed by atoms with E-state index in [9.17, 15) is 0 Å². The van der Waals surface area contributed by atoms with E-state index in [2.05, 4.69) is 122 Å². The molecule has 3 heterocycles. The van der Waals surface area contributed by atoms with Crippen LogP contribution in [0.25, 0.3) is 64.2 Å². The quantitative estimate of drug-likeness (QED) is 0.100. The molecule has 1 radical (unpaired) electrons. The Balaban J connectivity index is 0.000000198. The van der Waals surface area contributed by atoms with Gasteiger partial charge in [0, 0.05) is 38.6 Å². The van der Waals surface area contributed by atoms with E-state index in [4.69, 9.17) is 1.37 Å². The van der Waals surface area contributed by atoms with Crippen molar-refractivity contribution in [1.29, 1.82) is 0 Å². The average Bonchev–Trinajstić information content (AvgIpc) is 3.47. The predicted octanol–water partition coefficient (Wildman–Crippen LogP) is 11.7. The first-order valence-corrected chi connectivity index (χ1v) is 20.4. The zero-order chi connectivity index (χ0) is 33.6. The van der Waals surface area contributed by atoms with Gasteiger partial charge in [0.2, 0.25) is 0 Å². The zero-order valence-electron chi connectivity index (χ0n) is 29.1. The van der Waals surface area contributed by atoms with Gasteiger partial charge in [-0.3, -0.25) is 0 Å². The molecule has 48 heavy (non-hydrogen) atoms. The number of aryl methyl sites for hydroxylation is 1. The van der Waals surface area contributed by atoms with Gasteiger partial charge in [-0.2, -0.15) is 11.3 Å². The predicted molar refractivity (Wildman–Crippen MR) is 207 cm³/mol. The molecular weight excluding hydrogens is 797 g/mol. The summed E-state index contributed by atoms with van der Waals surface area (Å²) in [6.45, 7) is 13.1. The molecule has 0 N–H and O–H groups in total. The standard InChI is InChI=1S/C28H20NS.C15H18NSi.Ir/c1-17(2)18-12-13-29-26(16-18)24-9-5-8-22-23-11-10-21-14-19-6-3-4-7-20(19)15-25(21)28(23)30-27(22)24;1-12-10-14(13-8-6-5-7-9-13)16-11-15(12)17(2,3)4;/h3-8,10-17H,1-2H3;5-8,10-11H,1-4H3;/q2*-1;/i17D;;. The third-order valence-corrected chi connectivity index (χ3v) is 12.2. The minimum Gasteiger partial charge on any atom is -0.305 e. The Hall–Kier alpha value is -3.99. The monoisotopic (exact) mass is 836 g/mol. The Kier molecular flexibility index (Phi) is 9.40. The van der Waals surface area contributed by atoms with Gasteiger partial charge < -0.3 is 9.97 Å². The van der Waals surface area contributed by atoms with Gasteiger partial charge >= 0.3 is 0 Å². The summed E-state index contributed by atoms with van der Waals surface area (Å²) in [5.74, 6) is -0.664. The maximum absolute atomic E-state index is 8.40. The molecule has 0 saturated carbocycles. The fourth-order valence-electron chi connectivity index (χ4n) is 6.32. The van der Waals surface area contributed by atoms with Gasteiger partial charge in [-0.25, -0.2) is 0 Å². The van der Waals surface area contributed by atoms with Gasteiger partial charge in [-0.15, -0.1) is 59.7 Å². The van der Waals surface area contributed by atoms with Crippen LogP contribution in [-0.4, -0.2) is 18.0 Å². The molecule has 0 unspecified atom stereocenters. The number of rotatable bonds is 4. The van der Waals surface area contributed by atoms with E-state index in [0.717, 1.165) is 28.1 Å². The molecule has 0 bridgehead atoms. The minimum absolute atomic E-state index is 0. The molecule has 2 nitrogen and oxygen atoms in total. The van der Waals surface area contributed by atoms with E-state index in [1.165, 1.54) is 52.5 Å². The Labute approximate surface area is 303 Å². The van der Waals surface area contributed by atoms with E-state index in [1.54, 1.807) is 0 Å². The summed E-state index contributed by atoms with van der Waals surface area (Å²) in [5.41, 5.74) is 6.29. The fourth-order valence-corrected chi connectivity index (χ4v) is 9.36. The van der Waals surface area contributed by atoms with Crippen molar-refractivity contribution in [3.63, 3.8) is 0 Å². The van der Waals surface area contributed by atoms with E-state index in [0.29, 0.717) is 0 Å². The summed E-state index contributed by atoms with van der Waals surface area (Å²) in [7, 11) is -1.27. The van der Waals surface area contributed by atoms with Crippen molar-refractivity contribution in [2.75, 3.05) is 0 Å². The van der Waals surface area contributed by atoms with Crippen molar-refractivity contribution in [2.45, 2.75) is 46.3 Å². The van der Waals surface area contributed by atoms with Crippen LogP contribution in [0.1, 0.15) is 32.2 Å². The van der Waals surface area contributed by atoms with Crippen LogP contribution >= 0.6 is 11.3 Å². The summed E-state index contributed by atoms with van der Waals surface area (Å²) in [6, 6.07) is 42.5. The number of thiophene rings is 1. The maximum Gasteiger partial charge on any atom is 0.0798 e. The normalized spacial score (nSPS) is 12.1. The van der Waals surface area contributed by atoms with Gasteiger partial charge in [0.25, 0.3) is 0 Å². The fraction of sp³-hybridized carbons (Fsp3) is 0.163. The Morgan fingerprint density at radius 1 is 0.708 bits per heavy atom. The first kappa shape index (κ1) is 32.5. The summed E-state index contributed by atoms with van der Waals surface area (Å²) in [4.78, 5) is 9.22. The molecular formula is C43H38IrN2SSi-2. The molecule has 5 heteroatoms. The van der Waals surface area contributed by atoms with Crippen LogP contribution in [0.3, 0.4) is 0 Å². The summed E-state index contributed by atoms with van der Waals surface area (Å²) < 4.78 is 10.9. The molecule has 5 aromatic carbocycles. The summed E-state index contributed by atoms with van der Waals surface area (Å²) >= 11 is 1.82. The van der Waals surface area contributed by atoms with Crippen molar-refractivity contribution >= 4 is 66.3 Å². The van der Waals surface area contributed by atoms with E-state index in [-0.39, 0.29) is 20.1 Å². The summed E-state index contributed by atoms with van der Waals surface area (Å²) in [5, 5.41) is 9.03. The maximum atomic E-state index is 8.40. The zero-order valence-corrected chi connectivity index (χ0v) is 32.3. The molecule has 0 amide bonds. The molecule has 0 aliphatic heterocycles. The van der Waals surface area contributed by atoms with E-state index < -0.39 is 14.0 Å². The van der Waals surface area contributed by atoms with E-state index in [1.807, 2.05) is 67.8 Å². The second kappa shape index (κ2) is 13.9. The van der Waals surface area contributed by atoms with Crippen molar-refractivity contribution in [3.05, 3.63) is 139 Å². The number of hydrogen-bond donors (Lipinski definition) is 0. The third kappa shape index (κ3) is 6.66. The molecule has 241 valence electrons. The van der Waals surface area contributed by atoms with Crippen molar-refractivity contribution in [2.24, 2.45) is 0 Å². The Morgan fingerprint density at radius 3 is 2.17 bits per heavy atom. The van der Waals surface area contributed by atoms with Gasteiger partial charge in [0.15, 0.2) is 0 Å². The largest absolute Gasteiger partial charge is 0.305 e. The van der Waals surface area contributed by atoms with E-state index >= 15 is 0 Å². The smallest absolute Gasteiger partial charge is 0.0798 e. The Morgan fingerprint density at radius 2 is 1.46 bits per heavy atom. The van der Waals surface area contributed by atoms with Crippen LogP contribution in [-0.2, 0) is 20.1 Å². The molecule has 0 aliphatic carbocycles. The van der Waals surface area contributed by atoms with Crippen LogP contribution in [0.5, 0.6) is 0 Å². The molecule has 3 aromatic heterocycles. The topological polar surface area (TPSA) is 25.8 Å². The number of benzene rings is 5. The average molecular weight is 836 g/mol. The van der Waals surface area contributed by atoms with Crippen molar-refractivity contribution in [3.8, 4) is 22.5 Å². The number of fused-ring (bicyclic) bond motifs is 6. The molecule has 8 aromatic rings. The second-order valence-electron chi connectivity index (χ2n) is 13.4. The summed E-state index contributed by atoms with van der Waals surface area (Å²) in [6.07, 6.45) is 3.86. The number of nitrogens with zero attached hydrogens (tertiary/aromatic N) is 2. The van der Waals surface area contributed by atoms with Gasteiger partial charge in [0.1, 0.15) is 0 Å². The number of hydrogen-bond acceptors (Lipinski definition) is 3. The van der Waals surface area contributed by atoms with Crippen LogP contribution < -0.4 is 5.19 Å². The molecule has 8 rings (SSSR count). The first-order valence-electron chi connectivity index (χ1n) is 16.6. The van der Waals surface area contributed by atoms with Gasteiger partial charge in [0.05, 0.1) is 8.07 Å². The first-order chi connectivity index (χ1) is 23.0. The molecule has 0 atom stereocenters. The van der Waals surface area contributed by atoms with Crippen LogP contribution in [0.15, 0.2) is 116 Å². The number of aromatic nitrogens is 2. The van der Waals surface area contributed by atoms with Crippen molar-refractivity contribution < 1.29 is 21.5 Å². The van der Waals surface area contributed by atoms with Gasteiger partial charge in [-0.1, -0.05) is 98.5 Å². The number of pyridine rings is 2. The second-order valence-corrected chi connectivity index (χ2v) is 19.5. The molecule has 0 fully saturated rings. The minimum atomic E-state index is -1.27. The van der Waals surface area contributed by atoms with Crippen molar-refractivity contribution in [1.82, 2.24) is 9.97 Å². The third-order valence-electron chi connectivity index (χ3n) is 8.78. The SMILES string of the molecule is Cc1cc(-c2[c-]cccc2)ncc1[Si](C)(C)C.[2H]C(C)(C)c1ccnc(-c2[c-]ccc3c2sc2c4cc5ccccc5cc4ccc32)c1.[Ir]. The molecule has 0 aliphatic rings. The van der Waals surface area contributed by atoms with Crippen LogP contribution in [0.2, 0.25) is 19.6 Å². The molecule has 0 saturated heterocycles.